The van der Waals surface area contributed by atoms with E-state index in [1.807, 2.05) is 54.6 Å². The van der Waals surface area contributed by atoms with Crippen LogP contribution in [0.4, 0.5) is 0 Å². The van der Waals surface area contributed by atoms with Crippen LogP contribution >= 0.6 is 11.3 Å². The van der Waals surface area contributed by atoms with E-state index in [9.17, 15) is 0 Å². The molecule has 2 N–H and O–H groups in total. The smallest absolute Gasteiger partial charge is 0.191 e. The molecule has 0 radical (unpaired) electrons. The average molecular weight is 396 g/mol. The lowest BCUT2D eigenvalue weighted by Gasteiger charge is -2.14. The average Bonchev–Trinajstić information content (AvgIpc) is 3.27. The van der Waals surface area contributed by atoms with Gasteiger partial charge in [0, 0.05) is 18.5 Å². The van der Waals surface area contributed by atoms with Gasteiger partial charge in [-0.15, -0.1) is 11.3 Å². The number of methoxy groups -OCH3 is 1. The number of aliphatic imine (C=N–C) groups is 1. The standard InChI is InChI=1S/C22H25N3O2S/c1-23-22(25-15-19-9-6-12-28-19)24-14-18-10-11-20(21(13-18)26-2)27-16-17-7-4-3-5-8-17/h3-13H,14-16H2,1-2H3,(H2,23,24,25). The van der Waals surface area contributed by atoms with Crippen LogP contribution in [0.2, 0.25) is 0 Å². The first kappa shape index (κ1) is 19.8. The summed E-state index contributed by atoms with van der Waals surface area (Å²) in [4.78, 5) is 5.54. The molecule has 2 aromatic carbocycles. The Balaban J connectivity index is 1.55. The van der Waals surface area contributed by atoms with Gasteiger partial charge in [-0.25, -0.2) is 0 Å². The Hall–Kier alpha value is -2.99. The summed E-state index contributed by atoms with van der Waals surface area (Å²) < 4.78 is 11.4. The zero-order valence-electron chi connectivity index (χ0n) is 16.1. The molecule has 1 heterocycles. The van der Waals surface area contributed by atoms with Crippen molar-refractivity contribution in [1.29, 1.82) is 0 Å². The number of guanidine groups is 1. The van der Waals surface area contributed by atoms with Crippen LogP contribution in [-0.4, -0.2) is 20.1 Å². The molecule has 3 rings (SSSR count). The van der Waals surface area contributed by atoms with Crippen LogP contribution in [0.3, 0.4) is 0 Å². The first-order chi connectivity index (χ1) is 13.8. The van der Waals surface area contributed by atoms with Gasteiger partial charge in [0.2, 0.25) is 0 Å². The summed E-state index contributed by atoms with van der Waals surface area (Å²) in [5.74, 6) is 2.21. The molecule has 0 aliphatic heterocycles. The van der Waals surface area contributed by atoms with Crippen LogP contribution in [0.25, 0.3) is 0 Å². The molecule has 0 saturated carbocycles. The van der Waals surface area contributed by atoms with Crippen molar-refractivity contribution in [3.05, 3.63) is 82.0 Å². The van der Waals surface area contributed by atoms with Crippen molar-refractivity contribution in [3.63, 3.8) is 0 Å². The minimum atomic E-state index is 0.508. The van der Waals surface area contributed by atoms with Gasteiger partial charge < -0.3 is 20.1 Å². The Morgan fingerprint density at radius 3 is 2.46 bits per heavy atom. The van der Waals surface area contributed by atoms with Gasteiger partial charge in [0.05, 0.1) is 13.7 Å². The van der Waals surface area contributed by atoms with Gasteiger partial charge in [0.25, 0.3) is 0 Å². The third-order valence-electron chi connectivity index (χ3n) is 4.16. The fourth-order valence-electron chi connectivity index (χ4n) is 2.67. The molecule has 0 aliphatic rings. The highest BCUT2D eigenvalue weighted by atomic mass is 32.1. The monoisotopic (exact) mass is 395 g/mol. The van der Waals surface area contributed by atoms with Crippen molar-refractivity contribution in [2.75, 3.05) is 14.2 Å². The lowest BCUT2D eigenvalue weighted by Crippen LogP contribution is -2.36. The zero-order chi connectivity index (χ0) is 19.6. The van der Waals surface area contributed by atoms with Crippen molar-refractivity contribution in [2.24, 2.45) is 4.99 Å². The molecule has 146 valence electrons. The molecule has 3 aromatic rings. The number of benzene rings is 2. The van der Waals surface area contributed by atoms with E-state index in [0.717, 1.165) is 35.1 Å². The molecule has 0 unspecified atom stereocenters. The Labute approximate surface area is 170 Å². The summed E-state index contributed by atoms with van der Waals surface area (Å²) in [6, 6.07) is 20.2. The van der Waals surface area contributed by atoms with E-state index in [1.165, 1.54) is 4.88 Å². The summed E-state index contributed by atoms with van der Waals surface area (Å²) in [7, 11) is 3.42. The fourth-order valence-corrected chi connectivity index (χ4v) is 3.31. The maximum absolute atomic E-state index is 5.92. The predicted octanol–water partition coefficient (Wildman–Crippen LogP) is 4.20. The number of rotatable bonds is 8. The van der Waals surface area contributed by atoms with Crippen molar-refractivity contribution < 1.29 is 9.47 Å². The van der Waals surface area contributed by atoms with Gasteiger partial charge in [0.15, 0.2) is 17.5 Å². The molecule has 0 spiro atoms. The molecule has 0 amide bonds. The molecular formula is C22H25N3O2S. The first-order valence-corrected chi connectivity index (χ1v) is 9.97. The Morgan fingerprint density at radius 1 is 0.929 bits per heavy atom. The number of hydrogen-bond acceptors (Lipinski definition) is 4. The second kappa shape index (κ2) is 10.4. The topological polar surface area (TPSA) is 54.9 Å². The van der Waals surface area contributed by atoms with Gasteiger partial charge in [-0.05, 0) is 34.7 Å². The molecule has 0 saturated heterocycles. The van der Waals surface area contributed by atoms with Crippen LogP contribution in [0.1, 0.15) is 16.0 Å². The van der Waals surface area contributed by atoms with Gasteiger partial charge in [-0.1, -0.05) is 42.5 Å². The van der Waals surface area contributed by atoms with Gasteiger partial charge in [0.1, 0.15) is 6.61 Å². The SMILES string of the molecule is CN=C(NCc1ccc(OCc2ccccc2)c(OC)c1)NCc1cccs1. The lowest BCUT2D eigenvalue weighted by atomic mass is 10.2. The predicted molar refractivity (Wildman–Crippen MR) is 115 cm³/mol. The van der Waals surface area contributed by atoms with Crippen LogP contribution in [-0.2, 0) is 19.7 Å². The minimum absolute atomic E-state index is 0.508. The molecular weight excluding hydrogens is 370 g/mol. The fraction of sp³-hybridized carbons (Fsp3) is 0.227. The molecule has 0 aliphatic carbocycles. The molecule has 5 nitrogen and oxygen atoms in total. The Bertz CT molecular complexity index is 880. The van der Waals surface area contributed by atoms with Gasteiger partial charge >= 0.3 is 0 Å². The second-order valence-electron chi connectivity index (χ2n) is 6.12. The summed E-state index contributed by atoms with van der Waals surface area (Å²) >= 11 is 1.72. The molecule has 1 aromatic heterocycles. The number of thiophene rings is 1. The van der Waals surface area contributed by atoms with Crippen LogP contribution in [0, 0.1) is 0 Å². The van der Waals surface area contributed by atoms with Crippen LogP contribution in [0.5, 0.6) is 11.5 Å². The third kappa shape index (κ3) is 5.76. The minimum Gasteiger partial charge on any atom is -0.493 e. The Morgan fingerprint density at radius 2 is 1.75 bits per heavy atom. The number of nitrogens with one attached hydrogen (secondary N) is 2. The molecule has 0 fully saturated rings. The summed E-state index contributed by atoms with van der Waals surface area (Å²) in [6.07, 6.45) is 0. The van der Waals surface area contributed by atoms with Crippen LogP contribution in [0.15, 0.2) is 71.0 Å². The van der Waals surface area contributed by atoms with E-state index in [2.05, 4.69) is 27.1 Å². The maximum Gasteiger partial charge on any atom is 0.191 e. The third-order valence-corrected chi connectivity index (χ3v) is 5.04. The van der Waals surface area contributed by atoms with E-state index in [-0.39, 0.29) is 0 Å². The summed E-state index contributed by atoms with van der Waals surface area (Å²) in [5.41, 5.74) is 2.21. The number of hydrogen-bond donors (Lipinski definition) is 2. The maximum atomic E-state index is 5.92. The number of nitrogens with zero attached hydrogens (tertiary/aromatic N) is 1. The second-order valence-corrected chi connectivity index (χ2v) is 7.15. The van der Waals surface area contributed by atoms with Crippen molar-refractivity contribution in [3.8, 4) is 11.5 Å². The van der Waals surface area contributed by atoms with E-state index < -0.39 is 0 Å². The highest BCUT2D eigenvalue weighted by Crippen LogP contribution is 2.28. The zero-order valence-corrected chi connectivity index (χ0v) is 17.0. The number of ether oxygens (including phenoxy) is 2. The quantitative estimate of drug-likeness (QED) is 0.443. The Kier molecular flexibility index (Phi) is 7.32. The highest BCUT2D eigenvalue weighted by Gasteiger charge is 2.07. The van der Waals surface area contributed by atoms with Gasteiger partial charge in [-0.3, -0.25) is 4.99 Å². The highest BCUT2D eigenvalue weighted by molar-refractivity contribution is 7.09. The normalized spacial score (nSPS) is 11.1. The van der Waals surface area contributed by atoms with Crippen LogP contribution < -0.4 is 20.1 Å². The van der Waals surface area contributed by atoms with E-state index in [1.54, 1.807) is 25.5 Å². The molecule has 0 atom stereocenters. The van der Waals surface area contributed by atoms with Crippen molar-refractivity contribution in [2.45, 2.75) is 19.7 Å². The molecule has 6 heteroatoms. The van der Waals surface area contributed by atoms with E-state index >= 15 is 0 Å². The van der Waals surface area contributed by atoms with E-state index in [4.69, 9.17) is 9.47 Å². The largest absolute Gasteiger partial charge is 0.493 e. The molecule has 28 heavy (non-hydrogen) atoms. The summed E-state index contributed by atoms with van der Waals surface area (Å²) in [6.45, 7) is 1.90. The first-order valence-electron chi connectivity index (χ1n) is 9.09. The summed E-state index contributed by atoms with van der Waals surface area (Å²) in [5, 5.41) is 8.71. The lowest BCUT2D eigenvalue weighted by molar-refractivity contribution is 0.284. The van der Waals surface area contributed by atoms with Crippen molar-refractivity contribution >= 4 is 17.3 Å². The van der Waals surface area contributed by atoms with Crippen molar-refractivity contribution in [1.82, 2.24) is 10.6 Å². The van der Waals surface area contributed by atoms with Gasteiger partial charge in [-0.2, -0.15) is 0 Å². The molecule has 0 bridgehead atoms. The van der Waals surface area contributed by atoms with E-state index in [0.29, 0.717) is 13.2 Å².